The molecule has 19 heteroatoms. The lowest BCUT2D eigenvalue weighted by Gasteiger charge is -2.35. The maximum atomic E-state index is 12.9. The summed E-state index contributed by atoms with van der Waals surface area (Å²) in [6.45, 7) is 13.2. The van der Waals surface area contributed by atoms with Crippen LogP contribution in [-0.2, 0) is 28.5 Å². The summed E-state index contributed by atoms with van der Waals surface area (Å²) in [7, 11) is 0. The van der Waals surface area contributed by atoms with E-state index in [4.69, 9.17) is 35.3 Å². The molecule has 3 fully saturated rings. The van der Waals surface area contributed by atoms with Gasteiger partial charge in [0.05, 0.1) is 95.2 Å². The lowest BCUT2D eigenvalue weighted by atomic mass is 9.84. The maximum absolute atomic E-state index is 12.9. The highest BCUT2D eigenvalue weighted by molar-refractivity contribution is 7.17. The van der Waals surface area contributed by atoms with Crippen molar-refractivity contribution in [1.29, 1.82) is 0 Å². The molecule has 1 aromatic carbocycles. The number of aliphatic hydroxyl groups excluding tert-OH is 2. The molecule has 59 heavy (non-hydrogen) atoms. The van der Waals surface area contributed by atoms with Gasteiger partial charge in [-0.1, -0.05) is 35.1 Å². The van der Waals surface area contributed by atoms with E-state index >= 15 is 0 Å². The number of aromatic nitrogens is 3. The second-order valence-corrected chi connectivity index (χ2v) is 16.3. The monoisotopic (exact) mass is 860 g/mol. The van der Waals surface area contributed by atoms with Gasteiger partial charge in [0.1, 0.15) is 22.3 Å². The predicted molar refractivity (Wildman–Crippen MR) is 224 cm³/mol. The maximum Gasteiger partial charge on any atom is 0.267 e. The van der Waals surface area contributed by atoms with Gasteiger partial charge in [-0.2, -0.15) is 0 Å². The first-order chi connectivity index (χ1) is 28.7. The number of hydrogen-bond donors (Lipinski definition) is 5. The van der Waals surface area contributed by atoms with Crippen LogP contribution in [0.5, 0.6) is 0 Å². The smallest absolute Gasteiger partial charge is 0.267 e. The van der Waals surface area contributed by atoms with Gasteiger partial charge in [0, 0.05) is 51.3 Å². The number of thiazole rings is 1. The second-order valence-electron chi connectivity index (χ2n) is 14.9. The molecule has 0 spiro atoms. The number of amides is 2. The number of benzene rings is 1. The third kappa shape index (κ3) is 13.2. The number of para-hydroxylation sites is 1. The van der Waals surface area contributed by atoms with Crippen molar-refractivity contribution in [1.82, 2.24) is 25.2 Å². The Bertz CT molecular complexity index is 1780. The Hall–Kier alpha value is -3.56. The Labute approximate surface area is 354 Å². The van der Waals surface area contributed by atoms with Gasteiger partial charge in [0.25, 0.3) is 5.91 Å². The molecule has 0 unspecified atom stereocenters. The van der Waals surface area contributed by atoms with Crippen molar-refractivity contribution in [2.45, 2.75) is 38.9 Å². The summed E-state index contributed by atoms with van der Waals surface area (Å²) in [5, 5.41) is 30.0. The van der Waals surface area contributed by atoms with Crippen LogP contribution in [0.25, 0.3) is 0 Å². The molecule has 6 rings (SSSR count). The van der Waals surface area contributed by atoms with Gasteiger partial charge in [0.15, 0.2) is 5.13 Å². The first kappa shape index (κ1) is 45.0. The summed E-state index contributed by atoms with van der Waals surface area (Å²) in [5.74, 6) is 1.40. The number of aryl methyl sites for hydroxylation is 2. The molecule has 3 aliphatic rings. The molecule has 1 aliphatic heterocycles. The van der Waals surface area contributed by atoms with E-state index in [9.17, 15) is 19.8 Å². The predicted octanol–water partition coefficient (Wildman–Crippen LogP) is 2.90. The van der Waals surface area contributed by atoms with Crippen LogP contribution in [0, 0.1) is 31.6 Å². The van der Waals surface area contributed by atoms with Crippen LogP contribution in [0.4, 0.5) is 22.5 Å². The minimum Gasteiger partial charge on any atom is -0.390 e. The van der Waals surface area contributed by atoms with Gasteiger partial charge in [0.2, 0.25) is 5.91 Å². The Morgan fingerprint density at radius 1 is 0.864 bits per heavy atom. The molecule has 3 heterocycles. The largest absolute Gasteiger partial charge is 0.390 e. The molecule has 17 nitrogen and oxygen atoms in total. The number of halogens is 1. The number of carbonyl (C=O) groups excluding carboxylic acids is 2. The van der Waals surface area contributed by atoms with Crippen LogP contribution in [0.15, 0.2) is 30.5 Å². The van der Waals surface area contributed by atoms with Crippen molar-refractivity contribution < 1.29 is 43.5 Å². The Morgan fingerprint density at radius 3 is 2.17 bits per heavy atom. The Kier molecular flexibility index (Phi) is 17.4. The SMILES string of the molecule is Cc1nc(Nc2ncc(C(=O)Nc3c(C)cccc3Cl)s2)cc(N2CCN(CCOCCOCCOCCOCCOCCNC(=O)[C@H]3C[C@@H]4C[C@H]3[C@@H](O)[C@H]4O)CC2)n1. The molecule has 2 amide bonds. The molecular weight excluding hydrogens is 804 g/mol. The fourth-order valence-corrected chi connectivity index (χ4v) is 8.63. The number of piperazine rings is 1. The van der Waals surface area contributed by atoms with Crippen LogP contribution < -0.4 is 20.9 Å². The van der Waals surface area contributed by atoms with Gasteiger partial charge in [-0.15, -0.1) is 0 Å². The molecule has 1 saturated heterocycles. The minimum atomic E-state index is -0.793. The van der Waals surface area contributed by atoms with Gasteiger partial charge < -0.3 is 54.7 Å². The minimum absolute atomic E-state index is 0.0277. The molecular formula is C40H57ClN8O9S. The van der Waals surface area contributed by atoms with E-state index in [1.807, 2.05) is 32.0 Å². The number of nitrogens with one attached hydrogen (secondary N) is 3. The molecule has 324 valence electrons. The van der Waals surface area contributed by atoms with Crippen molar-refractivity contribution in [2.24, 2.45) is 17.8 Å². The summed E-state index contributed by atoms with van der Waals surface area (Å²) in [4.78, 5) is 44.0. The topological polar surface area (TPSA) is 202 Å². The number of fused-ring (bicyclic) bond motifs is 2. The molecule has 2 bridgehead atoms. The van der Waals surface area contributed by atoms with E-state index in [1.54, 1.807) is 6.07 Å². The Morgan fingerprint density at radius 2 is 1.53 bits per heavy atom. The quantitative estimate of drug-likeness (QED) is 0.0823. The fourth-order valence-electron chi connectivity index (χ4n) is 7.64. The summed E-state index contributed by atoms with van der Waals surface area (Å²) in [5.41, 5.74) is 1.47. The van der Waals surface area contributed by atoms with Gasteiger partial charge >= 0.3 is 0 Å². The third-order valence-corrected chi connectivity index (χ3v) is 12.0. The lowest BCUT2D eigenvalue weighted by Crippen LogP contribution is -2.47. The van der Waals surface area contributed by atoms with E-state index in [0.717, 1.165) is 44.1 Å². The van der Waals surface area contributed by atoms with Gasteiger partial charge in [-0.05, 0) is 50.2 Å². The molecule has 2 saturated carbocycles. The average Bonchev–Trinajstić information content (AvgIpc) is 3.95. The molecule has 2 aliphatic carbocycles. The fraction of sp³-hybridized carbons (Fsp3) is 0.625. The first-order valence-electron chi connectivity index (χ1n) is 20.3. The zero-order chi connectivity index (χ0) is 41.6. The second kappa shape index (κ2) is 22.9. The first-order valence-corrected chi connectivity index (χ1v) is 21.5. The number of rotatable bonds is 24. The van der Waals surface area contributed by atoms with Crippen LogP contribution in [0.1, 0.15) is 33.9 Å². The zero-order valence-corrected chi connectivity index (χ0v) is 35.3. The number of nitrogens with zero attached hydrogens (tertiary/aromatic N) is 5. The van der Waals surface area contributed by atoms with Crippen molar-refractivity contribution in [3.63, 3.8) is 0 Å². The van der Waals surface area contributed by atoms with Crippen LogP contribution in [0.2, 0.25) is 5.02 Å². The van der Waals surface area contributed by atoms with Crippen LogP contribution in [-0.4, -0.2) is 159 Å². The summed E-state index contributed by atoms with van der Waals surface area (Å²) in [6, 6.07) is 7.38. The summed E-state index contributed by atoms with van der Waals surface area (Å²) in [6.07, 6.45) is 1.40. The molecule has 3 aromatic rings. The van der Waals surface area contributed by atoms with E-state index in [-0.39, 0.29) is 29.6 Å². The van der Waals surface area contributed by atoms with Gasteiger partial charge in [-0.3, -0.25) is 14.5 Å². The van der Waals surface area contributed by atoms with E-state index in [1.165, 1.54) is 17.5 Å². The third-order valence-electron chi connectivity index (χ3n) is 10.8. The van der Waals surface area contributed by atoms with E-state index < -0.39 is 12.2 Å². The van der Waals surface area contributed by atoms with E-state index in [2.05, 4.69) is 40.7 Å². The van der Waals surface area contributed by atoms with Crippen molar-refractivity contribution in [3.05, 3.63) is 51.7 Å². The van der Waals surface area contributed by atoms with Crippen molar-refractivity contribution in [2.75, 3.05) is 121 Å². The lowest BCUT2D eigenvalue weighted by molar-refractivity contribution is -0.130. The number of ether oxygens (including phenoxy) is 5. The van der Waals surface area contributed by atoms with Crippen LogP contribution in [0.3, 0.4) is 0 Å². The normalized spacial score (nSPS) is 21.6. The summed E-state index contributed by atoms with van der Waals surface area (Å²) >= 11 is 7.52. The highest BCUT2D eigenvalue weighted by Gasteiger charge is 2.53. The molecule has 5 atom stereocenters. The summed E-state index contributed by atoms with van der Waals surface area (Å²) < 4.78 is 28.0. The van der Waals surface area contributed by atoms with Crippen molar-refractivity contribution in [3.8, 4) is 0 Å². The number of carbonyl (C=O) groups is 2. The number of aliphatic hydroxyl groups is 2. The highest BCUT2D eigenvalue weighted by atomic mass is 35.5. The molecule has 5 N–H and O–H groups in total. The molecule has 2 aromatic heterocycles. The van der Waals surface area contributed by atoms with Crippen LogP contribution >= 0.6 is 22.9 Å². The Balaban J connectivity index is 0.733. The number of hydrogen-bond acceptors (Lipinski definition) is 16. The van der Waals surface area contributed by atoms with E-state index in [0.29, 0.717) is 118 Å². The number of anilines is 4. The van der Waals surface area contributed by atoms with Gasteiger partial charge in [-0.25, -0.2) is 15.0 Å². The van der Waals surface area contributed by atoms with Crippen molar-refractivity contribution >= 4 is 57.2 Å². The molecule has 0 radical (unpaired) electrons. The average molecular weight is 861 g/mol. The standard InChI is InChI=1S/C40H57ClN8O9S/c1-26-4-3-5-31(41)35(26)47-39(53)32-25-43-40(59-32)46-33-24-34(45-27(2)44-33)49-9-7-48(8-10-49)11-13-55-15-17-57-19-21-58-20-18-56-16-14-54-12-6-42-38(52)30-23-28-22-29(30)37(51)36(28)50/h3-5,24-25,28-30,36-37,50-51H,6-23H2,1-2H3,(H,42,52)(H,47,53)(H,43,44,45,46)/t28-,29+,30-,36-,37+/m0/s1. The zero-order valence-electron chi connectivity index (χ0n) is 33.8. The highest BCUT2D eigenvalue weighted by Crippen LogP contribution is 2.48.